The summed E-state index contributed by atoms with van der Waals surface area (Å²) in [5.74, 6) is 0.686. The largest absolute Gasteiger partial charge is 0.490 e. The smallest absolute Gasteiger partial charge is 0.171 e. The summed E-state index contributed by atoms with van der Waals surface area (Å²) in [5.41, 5.74) is 6.30. The zero-order valence-electron chi connectivity index (χ0n) is 11.9. The minimum Gasteiger partial charge on any atom is -0.490 e. The Morgan fingerprint density at radius 3 is 2.53 bits per heavy atom. The monoisotopic (exact) mass is 265 g/mol. The molecular weight excluding hydrogens is 242 g/mol. The van der Waals surface area contributed by atoms with Crippen molar-refractivity contribution in [1.29, 1.82) is 0 Å². The number of ketones is 1. The van der Waals surface area contributed by atoms with E-state index in [0.29, 0.717) is 31.1 Å². The van der Waals surface area contributed by atoms with Crippen molar-refractivity contribution < 1.29 is 14.3 Å². The number of ether oxygens (including phenoxy) is 2. The molecular formula is C15H23NO3. The first-order chi connectivity index (χ1) is 9.11. The fourth-order valence-corrected chi connectivity index (χ4v) is 1.91. The topological polar surface area (TPSA) is 61.5 Å². The summed E-state index contributed by atoms with van der Waals surface area (Å²) in [7, 11) is 1.61. The molecule has 19 heavy (non-hydrogen) atoms. The van der Waals surface area contributed by atoms with Gasteiger partial charge in [-0.05, 0) is 18.1 Å². The van der Waals surface area contributed by atoms with Crippen molar-refractivity contribution in [3.05, 3.63) is 29.8 Å². The number of carbonyl (C=O) groups excluding carboxylic acids is 1. The highest BCUT2D eigenvalue weighted by Crippen LogP contribution is 2.24. The lowest BCUT2D eigenvalue weighted by atomic mass is 9.88. The molecule has 1 unspecified atom stereocenters. The highest BCUT2D eigenvalue weighted by molar-refractivity contribution is 6.00. The molecule has 4 nitrogen and oxygen atoms in total. The molecule has 106 valence electrons. The number of rotatable bonds is 8. The number of benzene rings is 1. The van der Waals surface area contributed by atoms with Crippen LogP contribution in [0.15, 0.2) is 24.3 Å². The van der Waals surface area contributed by atoms with Crippen LogP contribution < -0.4 is 10.5 Å². The maximum atomic E-state index is 12.5. The van der Waals surface area contributed by atoms with Crippen LogP contribution in [0, 0.1) is 11.8 Å². The number of carbonyl (C=O) groups is 1. The Labute approximate surface area is 114 Å². The molecule has 0 aliphatic carbocycles. The van der Waals surface area contributed by atoms with Crippen molar-refractivity contribution in [2.45, 2.75) is 13.8 Å². The van der Waals surface area contributed by atoms with Crippen molar-refractivity contribution in [1.82, 2.24) is 0 Å². The molecule has 0 saturated carbocycles. The molecule has 0 spiro atoms. The van der Waals surface area contributed by atoms with E-state index in [4.69, 9.17) is 15.2 Å². The van der Waals surface area contributed by atoms with Gasteiger partial charge in [0.05, 0.1) is 12.2 Å². The van der Waals surface area contributed by atoms with Crippen LogP contribution in [0.25, 0.3) is 0 Å². The van der Waals surface area contributed by atoms with Gasteiger partial charge in [-0.2, -0.15) is 0 Å². The van der Waals surface area contributed by atoms with Crippen LogP contribution in [-0.4, -0.2) is 32.7 Å². The highest BCUT2D eigenvalue weighted by atomic mass is 16.5. The second-order valence-corrected chi connectivity index (χ2v) is 4.79. The van der Waals surface area contributed by atoms with Gasteiger partial charge in [-0.25, -0.2) is 0 Å². The molecule has 0 amide bonds. The Bertz CT molecular complexity index is 404. The number of hydrogen-bond acceptors (Lipinski definition) is 4. The number of Topliss-reactive ketones (excluding diaryl/α,β-unsaturated/α-hetero) is 1. The summed E-state index contributed by atoms with van der Waals surface area (Å²) in [6, 6.07) is 7.28. The van der Waals surface area contributed by atoms with Crippen molar-refractivity contribution in [3.8, 4) is 5.75 Å². The Hall–Kier alpha value is -1.39. The van der Waals surface area contributed by atoms with E-state index in [1.807, 2.05) is 26.0 Å². The lowest BCUT2D eigenvalue weighted by Crippen LogP contribution is -2.28. The molecule has 0 radical (unpaired) electrons. The van der Waals surface area contributed by atoms with Gasteiger partial charge in [0, 0.05) is 19.6 Å². The molecule has 0 bridgehead atoms. The minimum atomic E-state index is -0.174. The van der Waals surface area contributed by atoms with Crippen LogP contribution in [0.3, 0.4) is 0 Å². The van der Waals surface area contributed by atoms with Crippen molar-refractivity contribution in [3.63, 3.8) is 0 Å². The predicted molar refractivity (Wildman–Crippen MR) is 75.5 cm³/mol. The first-order valence-electron chi connectivity index (χ1n) is 6.56. The minimum absolute atomic E-state index is 0.0468. The van der Waals surface area contributed by atoms with Crippen LogP contribution in [0.1, 0.15) is 24.2 Å². The summed E-state index contributed by atoms with van der Waals surface area (Å²) in [4.78, 5) is 12.5. The maximum absolute atomic E-state index is 12.5. The average molecular weight is 265 g/mol. The summed E-state index contributed by atoms with van der Waals surface area (Å²) in [6.07, 6.45) is 0. The van der Waals surface area contributed by atoms with Gasteiger partial charge in [0.1, 0.15) is 12.4 Å². The van der Waals surface area contributed by atoms with E-state index in [2.05, 4.69) is 0 Å². The van der Waals surface area contributed by atoms with Gasteiger partial charge in [0.2, 0.25) is 0 Å². The van der Waals surface area contributed by atoms with Crippen LogP contribution in [0.2, 0.25) is 0 Å². The first-order valence-corrected chi connectivity index (χ1v) is 6.56. The number of nitrogens with two attached hydrogens (primary N) is 1. The molecule has 0 saturated heterocycles. The summed E-state index contributed by atoms with van der Waals surface area (Å²) >= 11 is 0. The third kappa shape index (κ3) is 4.33. The molecule has 1 aromatic rings. The van der Waals surface area contributed by atoms with Crippen LogP contribution >= 0.6 is 0 Å². The third-order valence-electron chi connectivity index (χ3n) is 3.09. The SMILES string of the molecule is COCCOc1ccccc1C(=O)C(CN)C(C)C. The van der Waals surface area contributed by atoms with E-state index in [-0.39, 0.29) is 17.6 Å². The zero-order chi connectivity index (χ0) is 14.3. The second-order valence-electron chi connectivity index (χ2n) is 4.79. The maximum Gasteiger partial charge on any atom is 0.171 e. The molecule has 1 atom stereocenters. The van der Waals surface area contributed by atoms with Gasteiger partial charge in [-0.15, -0.1) is 0 Å². The molecule has 2 N–H and O–H groups in total. The predicted octanol–water partition coefficient (Wildman–Crippen LogP) is 2.13. The van der Waals surface area contributed by atoms with Gasteiger partial charge < -0.3 is 15.2 Å². The molecule has 0 heterocycles. The van der Waals surface area contributed by atoms with E-state index < -0.39 is 0 Å². The Kier molecular flexibility index (Phi) is 6.53. The lowest BCUT2D eigenvalue weighted by Gasteiger charge is -2.19. The summed E-state index contributed by atoms with van der Waals surface area (Å²) in [5, 5.41) is 0. The quantitative estimate of drug-likeness (QED) is 0.578. The molecule has 0 aliphatic rings. The fraction of sp³-hybridized carbons (Fsp3) is 0.533. The molecule has 4 heteroatoms. The zero-order valence-corrected chi connectivity index (χ0v) is 11.9. The number of methoxy groups -OCH3 is 1. The van der Waals surface area contributed by atoms with E-state index in [1.165, 1.54) is 0 Å². The van der Waals surface area contributed by atoms with Gasteiger partial charge in [0.15, 0.2) is 5.78 Å². The normalized spacial score (nSPS) is 12.5. The fourth-order valence-electron chi connectivity index (χ4n) is 1.91. The van der Waals surface area contributed by atoms with Crippen LogP contribution in [0.4, 0.5) is 0 Å². The van der Waals surface area contributed by atoms with Gasteiger partial charge in [0.25, 0.3) is 0 Å². The summed E-state index contributed by atoms with van der Waals surface area (Å²) < 4.78 is 10.5. The average Bonchev–Trinajstić information content (AvgIpc) is 2.40. The van der Waals surface area contributed by atoms with Crippen molar-refractivity contribution in [2.75, 3.05) is 26.9 Å². The van der Waals surface area contributed by atoms with E-state index in [0.717, 1.165) is 0 Å². The second kappa shape index (κ2) is 7.92. The van der Waals surface area contributed by atoms with E-state index >= 15 is 0 Å². The molecule has 1 rings (SSSR count). The van der Waals surface area contributed by atoms with Crippen LogP contribution in [-0.2, 0) is 4.74 Å². The van der Waals surface area contributed by atoms with Crippen LogP contribution in [0.5, 0.6) is 5.75 Å². The van der Waals surface area contributed by atoms with Gasteiger partial charge >= 0.3 is 0 Å². The Morgan fingerprint density at radius 2 is 1.95 bits per heavy atom. The number of hydrogen-bond donors (Lipinski definition) is 1. The van der Waals surface area contributed by atoms with Gasteiger partial charge in [-0.1, -0.05) is 26.0 Å². The highest BCUT2D eigenvalue weighted by Gasteiger charge is 2.24. The third-order valence-corrected chi connectivity index (χ3v) is 3.09. The lowest BCUT2D eigenvalue weighted by molar-refractivity contribution is 0.0884. The Morgan fingerprint density at radius 1 is 1.26 bits per heavy atom. The first kappa shape index (κ1) is 15.7. The summed E-state index contributed by atoms with van der Waals surface area (Å²) in [6.45, 7) is 5.28. The molecule has 0 fully saturated rings. The van der Waals surface area contributed by atoms with E-state index in [1.54, 1.807) is 19.2 Å². The van der Waals surface area contributed by atoms with Crippen molar-refractivity contribution >= 4 is 5.78 Å². The Balaban J connectivity index is 2.89. The van der Waals surface area contributed by atoms with Gasteiger partial charge in [-0.3, -0.25) is 4.79 Å². The standard InChI is InChI=1S/C15H23NO3/c1-11(2)13(10-16)15(17)12-6-4-5-7-14(12)19-9-8-18-3/h4-7,11,13H,8-10,16H2,1-3H3. The molecule has 1 aromatic carbocycles. The van der Waals surface area contributed by atoms with E-state index in [9.17, 15) is 4.79 Å². The van der Waals surface area contributed by atoms with Crippen molar-refractivity contribution in [2.24, 2.45) is 17.6 Å². The molecule has 0 aliphatic heterocycles. The molecule has 0 aromatic heterocycles. The number of para-hydroxylation sites is 1.